The van der Waals surface area contributed by atoms with Crippen molar-refractivity contribution in [2.24, 2.45) is 0 Å². The second kappa shape index (κ2) is 11.4. The predicted molar refractivity (Wildman–Crippen MR) is 117 cm³/mol. The van der Waals surface area contributed by atoms with Crippen molar-refractivity contribution < 1.29 is 14.3 Å². The lowest BCUT2D eigenvalue weighted by molar-refractivity contribution is 0.0688. The summed E-state index contributed by atoms with van der Waals surface area (Å²) in [5.74, 6) is 0.330. The number of rotatable bonds is 11. The molecule has 0 bridgehead atoms. The maximum atomic E-state index is 12.8. The zero-order valence-electron chi connectivity index (χ0n) is 17.7. The van der Waals surface area contributed by atoms with E-state index < -0.39 is 0 Å². The number of carbonyl (C=O) groups is 2. The van der Waals surface area contributed by atoms with E-state index in [-0.39, 0.29) is 11.8 Å². The molecule has 0 unspecified atom stereocenters. The van der Waals surface area contributed by atoms with Gasteiger partial charge in [-0.2, -0.15) is 0 Å². The van der Waals surface area contributed by atoms with Gasteiger partial charge in [0, 0.05) is 49.3 Å². The molecule has 0 radical (unpaired) electrons. The van der Waals surface area contributed by atoms with E-state index in [1.54, 1.807) is 17.4 Å². The van der Waals surface area contributed by atoms with Crippen LogP contribution in [-0.2, 0) is 4.74 Å². The van der Waals surface area contributed by atoms with E-state index in [1.807, 2.05) is 5.38 Å². The van der Waals surface area contributed by atoms with Gasteiger partial charge in [-0.1, -0.05) is 27.7 Å². The average Bonchev–Trinajstić information content (AvgIpc) is 3.36. The van der Waals surface area contributed by atoms with Crippen molar-refractivity contribution in [3.05, 3.63) is 32.2 Å². The van der Waals surface area contributed by atoms with Crippen molar-refractivity contribution >= 4 is 34.5 Å². The molecule has 0 atom stereocenters. The molecule has 7 nitrogen and oxygen atoms in total. The summed E-state index contributed by atoms with van der Waals surface area (Å²) >= 11 is 3.01. The highest BCUT2D eigenvalue weighted by atomic mass is 32.1. The Labute approximate surface area is 180 Å². The minimum atomic E-state index is -0.177. The third-order valence-corrected chi connectivity index (χ3v) is 6.52. The summed E-state index contributed by atoms with van der Waals surface area (Å²) in [6.45, 7) is 10.2. The van der Waals surface area contributed by atoms with Gasteiger partial charge in [-0.3, -0.25) is 9.59 Å². The third-order valence-electron chi connectivity index (χ3n) is 4.23. The number of methoxy groups -OCH3 is 1. The van der Waals surface area contributed by atoms with E-state index in [2.05, 4.69) is 43.0 Å². The summed E-state index contributed by atoms with van der Waals surface area (Å²) in [4.78, 5) is 35.6. The van der Waals surface area contributed by atoms with Gasteiger partial charge in [0.25, 0.3) is 11.8 Å². The van der Waals surface area contributed by atoms with Gasteiger partial charge in [-0.05, 0) is 6.42 Å². The number of thiazole rings is 2. The van der Waals surface area contributed by atoms with Crippen LogP contribution >= 0.6 is 22.7 Å². The fraction of sp³-hybridized carbons (Fsp3) is 0.600. The van der Waals surface area contributed by atoms with Gasteiger partial charge in [0.1, 0.15) is 11.4 Å². The first-order valence-corrected chi connectivity index (χ1v) is 11.6. The number of amides is 2. The highest BCUT2D eigenvalue weighted by Gasteiger charge is 2.19. The molecule has 9 heteroatoms. The van der Waals surface area contributed by atoms with Gasteiger partial charge >= 0.3 is 0 Å². The van der Waals surface area contributed by atoms with Crippen LogP contribution < -0.4 is 5.32 Å². The van der Waals surface area contributed by atoms with Crippen molar-refractivity contribution in [1.82, 2.24) is 20.2 Å². The Morgan fingerprint density at radius 2 is 1.62 bits per heavy atom. The molecule has 2 heterocycles. The molecule has 1 N–H and O–H groups in total. The van der Waals surface area contributed by atoms with Crippen LogP contribution in [-0.4, -0.2) is 60.0 Å². The summed E-state index contributed by atoms with van der Waals surface area (Å²) in [6.07, 6.45) is 0.642. The fourth-order valence-electron chi connectivity index (χ4n) is 2.55. The Balaban J connectivity index is 1.87. The second-order valence-corrected chi connectivity index (χ2v) is 9.13. The highest BCUT2D eigenvalue weighted by Crippen LogP contribution is 2.20. The van der Waals surface area contributed by atoms with Crippen LogP contribution in [0, 0.1) is 0 Å². The first-order chi connectivity index (χ1) is 13.8. The molecule has 29 heavy (non-hydrogen) atoms. The van der Waals surface area contributed by atoms with E-state index in [1.165, 1.54) is 22.7 Å². The molecule has 0 saturated carbocycles. The van der Waals surface area contributed by atoms with Crippen LogP contribution in [0.5, 0.6) is 0 Å². The molecule has 2 rings (SSSR count). The van der Waals surface area contributed by atoms with Crippen LogP contribution in [0.1, 0.15) is 76.9 Å². The highest BCUT2D eigenvalue weighted by molar-refractivity contribution is 7.10. The second-order valence-electron chi connectivity index (χ2n) is 7.35. The smallest absolute Gasteiger partial charge is 0.273 e. The van der Waals surface area contributed by atoms with Crippen LogP contribution in [0.25, 0.3) is 0 Å². The van der Waals surface area contributed by atoms with Gasteiger partial charge in [-0.25, -0.2) is 9.97 Å². The van der Waals surface area contributed by atoms with Gasteiger partial charge < -0.3 is 15.0 Å². The Bertz CT molecular complexity index is 801. The number of nitrogens with zero attached hydrogens (tertiary/aromatic N) is 3. The van der Waals surface area contributed by atoms with Gasteiger partial charge in [-0.15, -0.1) is 22.7 Å². The molecule has 0 spiro atoms. The molecular formula is C20H30N4O3S2. The number of ether oxygens (including phenoxy) is 1. The molecule has 2 aromatic heterocycles. The average molecular weight is 439 g/mol. The lowest BCUT2D eigenvalue weighted by Crippen LogP contribution is -2.36. The van der Waals surface area contributed by atoms with Crippen LogP contribution in [0.3, 0.4) is 0 Å². The van der Waals surface area contributed by atoms with E-state index in [9.17, 15) is 9.59 Å². The lowest BCUT2D eigenvalue weighted by atomic mass is 10.2. The number of hydrogen-bond acceptors (Lipinski definition) is 7. The van der Waals surface area contributed by atoms with E-state index in [0.29, 0.717) is 55.9 Å². The minimum Gasteiger partial charge on any atom is -0.383 e. The lowest BCUT2D eigenvalue weighted by Gasteiger charge is -2.21. The Morgan fingerprint density at radius 3 is 2.17 bits per heavy atom. The quantitative estimate of drug-likeness (QED) is 0.540. The van der Waals surface area contributed by atoms with Crippen molar-refractivity contribution in [1.29, 1.82) is 0 Å². The van der Waals surface area contributed by atoms with E-state index in [4.69, 9.17) is 4.74 Å². The fourth-order valence-corrected chi connectivity index (χ4v) is 4.17. The molecule has 0 aliphatic heterocycles. The summed E-state index contributed by atoms with van der Waals surface area (Å²) in [7, 11) is 1.61. The number of aromatic nitrogens is 2. The SMILES string of the molecule is COCCN(CCCNC(=O)c1csc(C(C)C)n1)C(=O)c1csc(C(C)C)n1. The predicted octanol–water partition coefficient (Wildman–Crippen LogP) is 3.76. The van der Waals surface area contributed by atoms with Crippen molar-refractivity contribution in [2.75, 3.05) is 33.4 Å². The number of nitrogens with one attached hydrogen (secondary N) is 1. The molecule has 0 aliphatic rings. The molecule has 0 aliphatic carbocycles. The maximum absolute atomic E-state index is 12.8. The molecule has 2 aromatic rings. The molecule has 0 fully saturated rings. The van der Waals surface area contributed by atoms with Crippen LogP contribution in [0.15, 0.2) is 10.8 Å². The van der Waals surface area contributed by atoms with Gasteiger partial charge in [0.2, 0.25) is 0 Å². The van der Waals surface area contributed by atoms with Crippen LogP contribution in [0.2, 0.25) is 0 Å². The summed E-state index contributed by atoms with van der Waals surface area (Å²) in [5.41, 5.74) is 0.928. The van der Waals surface area contributed by atoms with Crippen molar-refractivity contribution in [3.63, 3.8) is 0 Å². The monoisotopic (exact) mass is 438 g/mol. The summed E-state index contributed by atoms with van der Waals surface area (Å²) < 4.78 is 5.14. The normalized spacial score (nSPS) is 11.3. The Kier molecular flexibility index (Phi) is 9.19. The summed E-state index contributed by atoms with van der Waals surface area (Å²) in [6, 6.07) is 0. The standard InChI is InChI=1S/C20H30N4O3S2/c1-13(2)18-22-15(11-28-18)17(25)21-7-6-8-24(9-10-27-5)20(26)16-12-29-19(23-16)14(3)4/h11-14H,6-10H2,1-5H3,(H,21,25). The first kappa shape index (κ1) is 23.4. The summed E-state index contributed by atoms with van der Waals surface area (Å²) in [5, 5.41) is 8.39. The van der Waals surface area contributed by atoms with E-state index >= 15 is 0 Å². The Hall–Kier alpha value is -1.84. The van der Waals surface area contributed by atoms with Crippen molar-refractivity contribution in [2.45, 2.75) is 46.0 Å². The Morgan fingerprint density at radius 1 is 1.03 bits per heavy atom. The van der Waals surface area contributed by atoms with Crippen LogP contribution in [0.4, 0.5) is 0 Å². The van der Waals surface area contributed by atoms with Gasteiger partial charge in [0.15, 0.2) is 0 Å². The molecule has 2 amide bonds. The first-order valence-electron chi connectivity index (χ1n) is 9.80. The molecule has 0 saturated heterocycles. The molecule has 0 aromatic carbocycles. The minimum absolute atomic E-state index is 0.0994. The topological polar surface area (TPSA) is 84.4 Å². The van der Waals surface area contributed by atoms with Crippen molar-refractivity contribution in [3.8, 4) is 0 Å². The molecule has 160 valence electrons. The van der Waals surface area contributed by atoms with Gasteiger partial charge in [0.05, 0.1) is 16.6 Å². The number of hydrogen-bond donors (Lipinski definition) is 1. The zero-order valence-corrected chi connectivity index (χ0v) is 19.4. The molecular weight excluding hydrogens is 408 g/mol. The third kappa shape index (κ3) is 6.87. The maximum Gasteiger partial charge on any atom is 0.273 e. The van der Waals surface area contributed by atoms with E-state index in [0.717, 1.165) is 10.0 Å². The zero-order chi connectivity index (χ0) is 21.4. The number of carbonyl (C=O) groups excluding carboxylic acids is 2. The largest absolute Gasteiger partial charge is 0.383 e.